The molecule has 2 nitrogen and oxygen atoms in total. The van der Waals surface area contributed by atoms with E-state index < -0.39 is 0 Å². The Kier molecular flexibility index (Phi) is 3.51. The van der Waals surface area contributed by atoms with Gasteiger partial charge in [-0.15, -0.1) is 11.3 Å². The van der Waals surface area contributed by atoms with Crippen LogP contribution in [0.3, 0.4) is 0 Å². The summed E-state index contributed by atoms with van der Waals surface area (Å²) in [6.45, 7) is 3.18. The van der Waals surface area contributed by atoms with E-state index in [0.717, 1.165) is 12.2 Å². The van der Waals surface area contributed by atoms with Crippen LogP contribution in [0.2, 0.25) is 0 Å². The summed E-state index contributed by atoms with van der Waals surface area (Å²) >= 11 is 3.46. The summed E-state index contributed by atoms with van der Waals surface area (Å²) < 4.78 is 0. The Balaban J connectivity index is 2.17. The standard InChI is InChI=1S/C11H14N2S2/c1-8(5-12-2)11-13-10(7-15-11)9-3-4-14-6-9/h3-4,6-8,12H,5H2,1-2H3. The van der Waals surface area contributed by atoms with E-state index >= 15 is 0 Å². The number of rotatable bonds is 4. The van der Waals surface area contributed by atoms with Gasteiger partial charge in [-0.3, -0.25) is 0 Å². The monoisotopic (exact) mass is 238 g/mol. The van der Waals surface area contributed by atoms with Gasteiger partial charge in [0.15, 0.2) is 0 Å². The summed E-state index contributed by atoms with van der Waals surface area (Å²) in [7, 11) is 1.98. The summed E-state index contributed by atoms with van der Waals surface area (Å²) in [5, 5.41) is 10.8. The number of thiophene rings is 1. The van der Waals surface area contributed by atoms with E-state index in [1.807, 2.05) is 7.05 Å². The van der Waals surface area contributed by atoms with Crippen LogP contribution in [0.5, 0.6) is 0 Å². The molecule has 4 heteroatoms. The number of hydrogen-bond donors (Lipinski definition) is 1. The SMILES string of the molecule is CNCC(C)c1nc(-c2ccsc2)cs1. The maximum atomic E-state index is 4.66. The molecule has 0 bridgehead atoms. The summed E-state index contributed by atoms with van der Waals surface area (Å²) in [6, 6.07) is 2.12. The molecule has 2 heterocycles. The van der Waals surface area contributed by atoms with E-state index in [1.54, 1.807) is 22.7 Å². The van der Waals surface area contributed by atoms with Crippen molar-refractivity contribution in [2.75, 3.05) is 13.6 Å². The predicted molar refractivity (Wildman–Crippen MR) is 67.8 cm³/mol. The van der Waals surface area contributed by atoms with Gasteiger partial charge in [-0.1, -0.05) is 6.92 Å². The lowest BCUT2D eigenvalue weighted by atomic mass is 10.2. The van der Waals surface area contributed by atoms with Crippen LogP contribution in [0.25, 0.3) is 11.3 Å². The highest BCUT2D eigenvalue weighted by atomic mass is 32.1. The second-order valence-corrected chi connectivity index (χ2v) is 5.21. The summed E-state index contributed by atoms with van der Waals surface area (Å²) in [6.07, 6.45) is 0. The molecule has 0 aliphatic heterocycles. The van der Waals surface area contributed by atoms with Crippen LogP contribution in [-0.2, 0) is 0 Å². The molecule has 2 aromatic heterocycles. The van der Waals surface area contributed by atoms with Crippen molar-refractivity contribution in [3.05, 3.63) is 27.2 Å². The highest BCUT2D eigenvalue weighted by Gasteiger charge is 2.10. The lowest BCUT2D eigenvalue weighted by Gasteiger charge is -2.05. The second-order valence-electron chi connectivity index (χ2n) is 3.54. The van der Waals surface area contributed by atoms with E-state index in [2.05, 4.69) is 39.4 Å². The smallest absolute Gasteiger partial charge is 0.0973 e. The minimum Gasteiger partial charge on any atom is -0.319 e. The maximum absolute atomic E-state index is 4.66. The second kappa shape index (κ2) is 4.88. The predicted octanol–water partition coefficient (Wildman–Crippen LogP) is 3.19. The minimum absolute atomic E-state index is 0.493. The normalized spacial score (nSPS) is 12.9. The van der Waals surface area contributed by atoms with Gasteiger partial charge in [0.1, 0.15) is 0 Å². The van der Waals surface area contributed by atoms with Crippen LogP contribution in [0.4, 0.5) is 0 Å². The summed E-state index contributed by atoms with van der Waals surface area (Å²) in [5.41, 5.74) is 2.35. The molecule has 0 aliphatic carbocycles. The topological polar surface area (TPSA) is 24.9 Å². The number of nitrogens with zero attached hydrogens (tertiary/aromatic N) is 1. The van der Waals surface area contributed by atoms with Crippen molar-refractivity contribution in [1.29, 1.82) is 0 Å². The van der Waals surface area contributed by atoms with Gasteiger partial charge in [-0.05, 0) is 18.5 Å². The van der Waals surface area contributed by atoms with Crippen molar-refractivity contribution in [2.45, 2.75) is 12.8 Å². The first-order valence-electron chi connectivity index (χ1n) is 4.94. The fourth-order valence-electron chi connectivity index (χ4n) is 1.45. The van der Waals surface area contributed by atoms with Gasteiger partial charge in [0, 0.05) is 28.8 Å². The highest BCUT2D eigenvalue weighted by Crippen LogP contribution is 2.27. The van der Waals surface area contributed by atoms with E-state index in [4.69, 9.17) is 0 Å². The lowest BCUT2D eigenvalue weighted by molar-refractivity contribution is 0.674. The molecule has 0 fully saturated rings. The van der Waals surface area contributed by atoms with Crippen molar-refractivity contribution in [1.82, 2.24) is 10.3 Å². The lowest BCUT2D eigenvalue weighted by Crippen LogP contribution is -2.14. The molecule has 0 saturated heterocycles. The first-order chi connectivity index (χ1) is 7.31. The zero-order valence-corrected chi connectivity index (χ0v) is 10.5. The number of nitrogens with one attached hydrogen (secondary N) is 1. The fraction of sp³-hybridized carbons (Fsp3) is 0.364. The van der Waals surface area contributed by atoms with Crippen LogP contribution >= 0.6 is 22.7 Å². The molecule has 80 valence electrons. The van der Waals surface area contributed by atoms with Crippen LogP contribution in [0, 0.1) is 0 Å². The van der Waals surface area contributed by atoms with Crippen molar-refractivity contribution in [3.63, 3.8) is 0 Å². The zero-order valence-electron chi connectivity index (χ0n) is 8.86. The molecule has 15 heavy (non-hydrogen) atoms. The average molecular weight is 238 g/mol. The first kappa shape index (κ1) is 10.8. The maximum Gasteiger partial charge on any atom is 0.0973 e. The van der Waals surface area contributed by atoms with E-state index in [-0.39, 0.29) is 0 Å². The third-order valence-corrected chi connectivity index (χ3v) is 4.03. The number of hydrogen-bond acceptors (Lipinski definition) is 4. The summed E-state index contributed by atoms with van der Waals surface area (Å²) in [5.74, 6) is 0.493. The average Bonchev–Trinajstić information content (AvgIpc) is 2.89. The zero-order chi connectivity index (χ0) is 10.7. The highest BCUT2D eigenvalue weighted by molar-refractivity contribution is 7.10. The van der Waals surface area contributed by atoms with Gasteiger partial charge in [0.05, 0.1) is 10.7 Å². The Morgan fingerprint density at radius 3 is 3.00 bits per heavy atom. The Bertz CT molecular complexity index is 406. The van der Waals surface area contributed by atoms with E-state index in [0.29, 0.717) is 5.92 Å². The Morgan fingerprint density at radius 1 is 1.47 bits per heavy atom. The van der Waals surface area contributed by atoms with Gasteiger partial charge >= 0.3 is 0 Å². The van der Waals surface area contributed by atoms with Gasteiger partial charge in [-0.2, -0.15) is 11.3 Å². The fourth-order valence-corrected chi connectivity index (χ4v) is 2.99. The Morgan fingerprint density at radius 2 is 2.33 bits per heavy atom. The van der Waals surface area contributed by atoms with Gasteiger partial charge in [-0.25, -0.2) is 4.98 Å². The molecular formula is C11H14N2S2. The molecule has 0 saturated carbocycles. The van der Waals surface area contributed by atoms with Crippen LogP contribution in [0.1, 0.15) is 17.8 Å². The Labute approximate surface area is 98.0 Å². The Hall–Kier alpha value is -0.710. The van der Waals surface area contributed by atoms with Gasteiger partial charge in [0.2, 0.25) is 0 Å². The molecule has 1 atom stereocenters. The quantitative estimate of drug-likeness (QED) is 0.885. The van der Waals surface area contributed by atoms with Crippen LogP contribution < -0.4 is 5.32 Å². The number of aromatic nitrogens is 1. The molecule has 1 unspecified atom stereocenters. The number of likely N-dealkylation sites (N-methyl/N-ethyl adjacent to an activating group) is 1. The van der Waals surface area contributed by atoms with Gasteiger partial charge < -0.3 is 5.32 Å². The molecule has 0 amide bonds. The molecule has 0 radical (unpaired) electrons. The van der Waals surface area contributed by atoms with Crippen molar-refractivity contribution in [3.8, 4) is 11.3 Å². The third kappa shape index (κ3) is 2.45. The van der Waals surface area contributed by atoms with Crippen LogP contribution in [-0.4, -0.2) is 18.6 Å². The molecule has 0 spiro atoms. The molecule has 1 N–H and O–H groups in total. The largest absolute Gasteiger partial charge is 0.319 e. The van der Waals surface area contributed by atoms with E-state index in [1.165, 1.54) is 10.6 Å². The molecular weight excluding hydrogens is 224 g/mol. The van der Waals surface area contributed by atoms with E-state index in [9.17, 15) is 0 Å². The third-order valence-electron chi connectivity index (χ3n) is 2.27. The number of thiazole rings is 1. The molecule has 0 aliphatic rings. The first-order valence-corrected chi connectivity index (χ1v) is 6.76. The molecule has 0 aromatic carbocycles. The van der Waals surface area contributed by atoms with Crippen molar-refractivity contribution >= 4 is 22.7 Å². The van der Waals surface area contributed by atoms with Crippen molar-refractivity contribution in [2.24, 2.45) is 0 Å². The molecule has 2 aromatic rings. The summed E-state index contributed by atoms with van der Waals surface area (Å²) in [4.78, 5) is 4.66. The molecule has 2 rings (SSSR count). The van der Waals surface area contributed by atoms with Crippen LogP contribution in [0.15, 0.2) is 22.2 Å². The van der Waals surface area contributed by atoms with Gasteiger partial charge in [0.25, 0.3) is 0 Å². The van der Waals surface area contributed by atoms with Crippen molar-refractivity contribution < 1.29 is 0 Å². The minimum atomic E-state index is 0.493.